The normalized spacial score (nSPS) is 24.3. The number of rotatable bonds is 1. The zero-order valence-electron chi connectivity index (χ0n) is 11.3. The van der Waals surface area contributed by atoms with Crippen LogP contribution < -0.4 is 5.32 Å². The number of piperidine rings is 1. The molecule has 0 saturated carbocycles. The number of nitrogens with one attached hydrogen (secondary N) is 1. The van der Waals surface area contributed by atoms with Crippen LogP contribution in [0.2, 0.25) is 0 Å². The van der Waals surface area contributed by atoms with E-state index in [1.165, 1.54) is 36.1 Å². The average molecular weight is 249 g/mol. The van der Waals surface area contributed by atoms with Crippen LogP contribution >= 0.6 is 0 Å². The second kappa shape index (κ2) is 4.21. The van der Waals surface area contributed by atoms with Crippen LogP contribution in [0.5, 0.6) is 0 Å². The van der Waals surface area contributed by atoms with Crippen LogP contribution in [0.1, 0.15) is 41.5 Å². The van der Waals surface area contributed by atoms with Crippen LogP contribution in [0.3, 0.4) is 0 Å². The Bertz CT molecular complexity index is 612. The molecule has 1 heterocycles. The maximum absolute atomic E-state index is 3.65. The molecule has 1 fully saturated rings. The molecule has 1 aliphatic carbocycles. The Morgan fingerprint density at radius 1 is 0.947 bits per heavy atom. The number of hydrogen-bond acceptors (Lipinski definition) is 1. The molecule has 1 aliphatic heterocycles. The van der Waals surface area contributed by atoms with Crippen molar-refractivity contribution in [1.29, 1.82) is 0 Å². The predicted molar refractivity (Wildman–Crippen MR) is 79.3 cm³/mol. The summed E-state index contributed by atoms with van der Waals surface area (Å²) in [5.74, 6) is 0.799. The van der Waals surface area contributed by atoms with Gasteiger partial charge in [-0.1, -0.05) is 42.0 Å². The standard InChI is InChI=1S/C18H19N/c1-12-2-4-13(5-3-12)14-6-7-16-15-8-9-19-18(11-15)17(16)10-14/h2-7,10,15,18-19H,8-9,11H2,1H3/t15-,18-/m1/s1. The summed E-state index contributed by atoms with van der Waals surface area (Å²) in [7, 11) is 0. The maximum atomic E-state index is 3.65. The maximum Gasteiger partial charge on any atom is 0.0329 e. The molecule has 0 spiro atoms. The Morgan fingerprint density at radius 3 is 2.58 bits per heavy atom. The molecule has 0 amide bonds. The van der Waals surface area contributed by atoms with Gasteiger partial charge in [-0.2, -0.15) is 0 Å². The quantitative estimate of drug-likeness (QED) is 0.799. The van der Waals surface area contributed by atoms with E-state index in [9.17, 15) is 0 Å². The number of hydrogen-bond donors (Lipinski definition) is 1. The van der Waals surface area contributed by atoms with Crippen molar-refractivity contribution in [3.63, 3.8) is 0 Å². The van der Waals surface area contributed by atoms with Crippen molar-refractivity contribution in [3.05, 3.63) is 59.2 Å². The number of benzene rings is 2. The SMILES string of the molecule is Cc1ccc(-c2ccc3c(c2)[C@H]2C[C@H]3CCN2)cc1. The third-order valence-corrected chi connectivity index (χ3v) is 4.69. The van der Waals surface area contributed by atoms with Gasteiger partial charge in [0.25, 0.3) is 0 Å². The number of fused-ring (bicyclic) bond motifs is 5. The highest BCUT2D eigenvalue weighted by Crippen LogP contribution is 2.45. The second-order valence-corrected chi connectivity index (χ2v) is 5.94. The fourth-order valence-corrected chi connectivity index (χ4v) is 3.61. The van der Waals surface area contributed by atoms with Crippen LogP contribution in [0.25, 0.3) is 11.1 Å². The van der Waals surface area contributed by atoms with Gasteiger partial charge in [0.2, 0.25) is 0 Å². The molecule has 2 aromatic rings. The van der Waals surface area contributed by atoms with Gasteiger partial charge in [-0.15, -0.1) is 0 Å². The molecule has 2 bridgehead atoms. The molecule has 0 unspecified atom stereocenters. The molecular weight excluding hydrogens is 230 g/mol. The molecular formula is C18H19N. The molecule has 4 rings (SSSR count). The summed E-state index contributed by atoms with van der Waals surface area (Å²) in [6.07, 6.45) is 2.60. The summed E-state index contributed by atoms with van der Waals surface area (Å²) >= 11 is 0. The van der Waals surface area contributed by atoms with E-state index < -0.39 is 0 Å². The van der Waals surface area contributed by atoms with Gasteiger partial charge in [0.05, 0.1) is 0 Å². The molecule has 19 heavy (non-hydrogen) atoms. The summed E-state index contributed by atoms with van der Waals surface area (Å²) in [5, 5.41) is 3.65. The lowest BCUT2D eigenvalue weighted by molar-refractivity contribution is 0.410. The van der Waals surface area contributed by atoms with E-state index in [0.717, 1.165) is 5.92 Å². The molecule has 1 heteroatoms. The van der Waals surface area contributed by atoms with Gasteiger partial charge in [0.15, 0.2) is 0 Å². The lowest BCUT2D eigenvalue weighted by Gasteiger charge is -2.20. The Hall–Kier alpha value is -1.60. The zero-order valence-corrected chi connectivity index (χ0v) is 11.3. The first-order chi connectivity index (χ1) is 9.31. The second-order valence-electron chi connectivity index (χ2n) is 5.94. The molecule has 2 atom stereocenters. The van der Waals surface area contributed by atoms with Gasteiger partial charge in [0.1, 0.15) is 0 Å². The van der Waals surface area contributed by atoms with E-state index in [0.29, 0.717) is 6.04 Å². The summed E-state index contributed by atoms with van der Waals surface area (Å²) < 4.78 is 0. The predicted octanol–water partition coefficient (Wildman–Crippen LogP) is 4.18. The van der Waals surface area contributed by atoms with Crippen molar-refractivity contribution in [1.82, 2.24) is 5.32 Å². The Labute approximate surface area is 114 Å². The third kappa shape index (κ3) is 1.81. The summed E-state index contributed by atoms with van der Waals surface area (Å²) in [6.45, 7) is 3.31. The van der Waals surface area contributed by atoms with Crippen molar-refractivity contribution in [3.8, 4) is 11.1 Å². The smallest absolute Gasteiger partial charge is 0.0329 e. The highest BCUT2D eigenvalue weighted by Gasteiger charge is 2.33. The Morgan fingerprint density at radius 2 is 1.74 bits per heavy atom. The Balaban J connectivity index is 1.78. The van der Waals surface area contributed by atoms with Gasteiger partial charge in [0, 0.05) is 6.04 Å². The van der Waals surface area contributed by atoms with Crippen molar-refractivity contribution >= 4 is 0 Å². The molecule has 1 N–H and O–H groups in total. The summed E-state index contributed by atoms with van der Waals surface area (Å²) in [6, 6.07) is 16.5. The fraction of sp³-hybridized carbons (Fsp3) is 0.333. The van der Waals surface area contributed by atoms with Crippen LogP contribution in [-0.2, 0) is 0 Å². The molecule has 96 valence electrons. The highest BCUT2D eigenvalue weighted by molar-refractivity contribution is 5.66. The van der Waals surface area contributed by atoms with E-state index in [1.807, 2.05) is 0 Å². The topological polar surface area (TPSA) is 12.0 Å². The lowest BCUT2D eigenvalue weighted by Crippen LogP contribution is -2.25. The first-order valence-corrected chi connectivity index (χ1v) is 7.25. The van der Waals surface area contributed by atoms with Gasteiger partial charge in [-0.25, -0.2) is 0 Å². The van der Waals surface area contributed by atoms with Crippen molar-refractivity contribution < 1.29 is 0 Å². The van der Waals surface area contributed by atoms with Crippen molar-refractivity contribution in [2.24, 2.45) is 0 Å². The minimum Gasteiger partial charge on any atom is -0.310 e. The van der Waals surface area contributed by atoms with E-state index in [4.69, 9.17) is 0 Å². The summed E-state index contributed by atoms with van der Waals surface area (Å²) in [5.41, 5.74) is 7.14. The van der Waals surface area contributed by atoms with Crippen LogP contribution in [-0.4, -0.2) is 6.54 Å². The van der Waals surface area contributed by atoms with E-state index in [1.54, 1.807) is 11.1 Å². The monoisotopic (exact) mass is 249 g/mol. The van der Waals surface area contributed by atoms with E-state index >= 15 is 0 Å². The molecule has 0 aromatic heterocycles. The third-order valence-electron chi connectivity index (χ3n) is 4.69. The average Bonchev–Trinajstić information content (AvgIpc) is 2.71. The first kappa shape index (κ1) is 11.2. The van der Waals surface area contributed by atoms with Gasteiger partial charge < -0.3 is 5.32 Å². The van der Waals surface area contributed by atoms with Gasteiger partial charge in [-0.05, 0) is 60.5 Å². The van der Waals surface area contributed by atoms with Crippen molar-refractivity contribution in [2.75, 3.05) is 6.54 Å². The molecule has 1 nitrogen and oxygen atoms in total. The van der Waals surface area contributed by atoms with Gasteiger partial charge >= 0.3 is 0 Å². The van der Waals surface area contributed by atoms with Gasteiger partial charge in [-0.3, -0.25) is 0 Å². The molecule has 0 radical (unpaired) electrons. The van der Waals surface area contributed by atoms with E-state index in [2.05, 4.69) is 54.7 Å². The molecule has 2 aromatic carbocycles. The Kier molecular flexibility index (Phi) is 2.49. The first-order valence-electron chi connectivity index (χ1n) is 7.25. The van der Waals surface area contributed by atoms with Crippen LogP contribution in [0.4, 0.5) is 0 Å². The molecule has 2 aliphatic rings. The minimum atomic E-state index is 0.596. The van der Waals surface area contributed by atoms with E-state index in [-0.39, 0.29) is 0 Å². The highest BCUT2D eigenvalue weighted by atomic mass is 14.9. The fourth-order valence-electron chi connectivity index (χ4n) is 3.61. The minimum absolute atomic E-state index is 0.596. The summed E-state index contributed by atoms with van der Waals surface area (Å²) in [4.78, 5) is 0. The number of aryl methyl sites for hydroxylation is 1. The molecule has 1 saturated heterocycles. The van der Waals surface area contributed by atoms with Crippen molar-refractivity contribution in [2.45, 2.75) is 31.7 Å². The van der Waals surface area contributed by atoms with Crippen LogP contribution in [0.15, 0.2) is 42.5 Å². The zero-order chi connectivity index (χ0) is 12.8. The largest absolute Gasteiger partial charge is 0.310 e. The lowest BCUT2D eigenvalue weighted by atomic mass is 9.95. The van der Waals surface area contributed by atoms with Crippen LogP contribution in [0, 0.1) is 6.92 Å².